The first-order valence-corrected chi connectivity index (χ1v) is 17.2. The summed E-state index contributed by atoms with van der Waals surface area (Å²) in [6.45, 7) is 16.6. The molecule has 6 rings (SSSR count). The summed E-state index contributed by atoms with van der Waals surface area (Å²) in [7, 11) is 0. The standard InChI is InChI=1S/C36H58O7/c1-31(2)14-16-36(30(40)41)17-15-34(6)21(22(36)19-31)8-9-26-33(5)12-11-27(32(3,4)25(33)10-13-35(26,34)7)43-28-18-23(38)29(39)24(20-37)42-28/h8,22-29,37-39H,9-20H2,1-7H3,(H,40,41)/t22-,23+,24+,25?,26?,27-,28-,29-,33-,34+,35+,36-/m0/s1. The molecule has 1 heterocycles. The summed E-state index contributed by atoms with van der Waals surface area (Å²) >= 11 is 0. The fourth-order valence-electron chi connectivity index (χ4n) is 12.2. The molecule has 0 aromatic heterocycles. The lowest BCUT2D eigenvalue weighted by Crippen LogP contribution is -2.65. The average molecular weight is 603 g/mol. The van der Waals surface area contributed by atoms with E-state index in [2.05, 4.69) is 54.5 Å². The van der Waals surface area contributed by atoms with E-state index < -0.39 is 36.0 Å². The number of fused-ring (bicyclic) bond motifs is 7. The number of aliphatic hydroxyl groups excluding tert-OH is 3. The van der Waals surface area contributed by atoms with Gasteiger partial charge in [-0.25, -0.2) is 0 Å². The molecule has 0 spiro atoms. The number of carboxylic acid groups (broad SMARTS) is 1. The van der Waals surface area contributed by atoms with Gasteiger partial charge in [-0.15, -0.1) is 0 Å². The van der Waals surface area contributed by atoms with Gasteiger partial charge in [0.05, 0.1) is 24.2 Å². The maximum absolute atomic E-state index is 12.9. The molecule has 12 atom stereocenters. The molecule has 2 unspecified atom stereocenters. The van der Waals surface area contributed by atoms with E-state index in [0.29, 0.717) is 11.8 Å². The molecular weight excluding hydrogens is 544 g/mol. The Balaban J connectivity index is 1.28. The number of rotatable bonds is 4. The van der Waals surface area contributed by atoms with E-state index in [1.54, 1.807) is 0 Å². The van der Waals surface area contributed by atoms with Crippen molar-refractivity contribution in [1.29, 1.82) is 0 Å². The summed E-state index contributed by atoms with van der Waals surface area (Å²) < 4.78 is 12.5. The van der Waals surface area contributed by atoms with Crippen molar-refractivity contribution in [3.8, 4) is 0 Å². The second-order valence-electron chi connectivity index (χ2n) is 17.7. The van der Waals surface area contributed by atoms with Crippen LogP contribution in [-0.4, -0.2) is 63.7 Å². The average Bonchev–Trinajstić information content (AvgIpc) is 2.92. The zero-order chi connectivity index (χ0) is 31.4. The fourth-order valence-corrected chi connectivity index (χ4v) is 12.2. The number of carboxylic acids is 1. The van der Waals surface area contributed by atoms with Crippen LogP contribution in [-0.2, 0) is 14.3 Å². The summed E-state index contributed by atoms with van der Waals surface area (Å²) in [5, 5.41) is 40.9. The third-order valence-corrected chi connectivity index (χ3v) is 15.0. The van der Waals surface area contributed by atoms with Crippen LogP contribution in [0, 0.1) is 50.2 Å². The Labute approximate surface area is 258 Å². The van der Waals surface area contributed by atoms with Gasteiger partial charge in [0.25, 0.3) is 0 Å². The summed E-state index contributed by atoms with van der Waals surface area (Å²) in [5.41, 5.74) is 1.16. The van der Waals surface area contributed by atoms with Crippen LogP contribution in [0.4, 0.5) is 0 Å². The zero-order valence-corrected chi connectivity index (χ0v) is 27.7. The van der Waals surface area contributed by atoms with Crippen molar-refractivity contribution in [3.05, 3.63) is 11.6 Å². The number of carbonyl (C=O) groups is 1. The van der Waals surface area contributed by atoms with Gasteiger partial charge in [-0.1, -0.05) is 60.1 Å². The number of ether oxygens (including phenoxy) is 2. The Bertz CT molecular complexity index is 1150. The third kappa shape index (κ3) is 4.48. The van der Waals surface area contributed by atoms with Crippen LogP contribution in [0.1, 0.15) is 119 Å². The number of aliphatic hydroxyl groups is 3. The normalized spacial score (nSPS) is 52.1. The molecule has 0 aromatic carbocycles. The van der Waals surface area contributed by atoms with Gasteiger partial charge in [0.15, 0.2) is 6.29 Å². The van der Waals surface area contributed by atoms with Crippen molar-refractivity contribution in [1.82, 2.24) is 0 Å². The number of hydrogen-bond acceptors (Lipinski definition) is 6. The molecule has 244 valence electrons. The molecule has 1 saturated heterocycles. The van der Waals surface area contributed by atoms with Gasteiger partial charge in [0, 0.05) is 6.42 Å². The Morgan fingerprint density at radius 1 is 0.953 bits per heavy atom. The van der Waals surface area contributed by atoms with Gasteiger partial charge in [-0.05, 0) is 109 Å². The van der Waals surface area contributed by atoms with Crippen LogP contribution in [0.15, 0.2) is 11.6 Å². The second kappa shape index (κ2) is 10.3. The fraction of sp³-hybridized carbons (Fsp3) is 0.917. The minimum absolute atomic E-state index is 0.00461. The van der Waals surface area contributed by atoms with Crippen molar-refractivity contribution in [3.63, 3.8) is 0 Å². The zero-order valence-electron chi connectivity index (χ0n) is 27.7. The van der Waals surface area contributed by atoms with E-state index in [1.165, 1.54) is 5.57 Å². The van der Waals surface area contributed by atoms with Crippen LogP contribution in [0.5, 0.6) is 0 Å². The first-order chi connectivity index (χ1) is 19.9. The number of hydrogen-bond donors (Lipinski definition) is 4. The van der Waals surface area contributed by atoms with Crippen LogP contribution in [0.2, 0.25) is 0 Å². The van der Waals surface area contributed by atoms with Crippen molar-refractivity contribution in [2.75, 3.05) is 6.61 Å². The predicted octanol–water partition coefficient (Wildman–Crippen LogP) is 6.09. The Morgan fingerprint density at radius 2 is 1.65 bits per heavy atom. The van der Waals surface area contributed by atoms with E-state index in [-0.39, 0.29) is 52.1 Å². The molecule has 43 heavy (non-hydrogen) atoms. The summed E-state index contributed by atoms with van der Waals surface area (Å²) in [5.74, 6) is 0.526. The number of allylic oxidation sites excluding steroid dienone is 2. The monoisotopic (exact) mass is 602 g/mol. The second-order valence-corrected chi connectivity index (χ2v) is 17.7. The smallest absolute Gasteiger partial charge is 0.310 e. The SMILES string of the molecule is CC1(C)CC[C@]2(C(=O)O)CC[C@]3(C)C(=CCC4[C@@]5(C)CC[C@H](O[C@H]6C[C@@H](O)[C@H](O)[C@@H](CO)O6)C(C)(C)C5CC[C@]43C)[C@@H]2C1. The molecule has 0 radical (unpaired) electrons. The molecule has 0 aromatic rings. The van der Waals surface area contributed by atoms with E-state index in [1.807, 2.05) is 0 Å². The van der Waals surface area contributed by atoms with Crippen molar-refractivity contribution in [2.45, 2.75) is 150 Å². The van der Waals surface area contributed by atoms with Gasteiger partial charge in [0.1, 0.15) is 12.2 Å². The molecule has 4 N–H and O–H groups in total. The number of aliphatic carboxylic acids is 1. The van der Waals surface area contributed by atoms with Gasteiger partial charge >= 0.3 is 5.97 Å². The Kier molecular flexibility index (Phi) is 7.62. The lowest BCUT2D eigenvalue weighted by molar-refractivity contribution is -0.297. The van der Waals surface area contributed by atoms with E-state index in [0.717, 1.165) is 64.2 Å². The molecule has 0 bridgehead atoms. The first kappa shape index (κ1) is 32.0. The lowest BCUT2D eigenvalue weighted by atomic mass is 9.33. The highest BCUT2D eigenvalue weighted by Crippen LogP contribution is 2.76. The molecule has 4 saturated carbocycles. The maximum Gasteiger partial charge on any atom is 0.310 e. The van der Waals surface area contributed by atoms with Crippen LogP contribution < -0.4 is 0 Å². The first-order valence-electron chi connectivity index (χ1n) is 17.2. The lowest BCUT2D eigenvalue weighted by Gasteiger charge is -2.71. The van der Waals surface area contributed by atoms with Gasteiger partial charge in [-0.2, -0.15) is 0 Å². The highest BCUT2D eigenvalue weighted by Gasteiger charge is 2.69. The predicted molar refractivity (Wildman–Crippen MR) is 164 cm³/mol. The Hall–Kier alpha value is -0.990. The van der Waals surface area contributed by atoms with Gasteiger partial charge < -0.3 is 29.9 Å². The maximum atomic E-state index is 12.9. The molecule has 6 aliphatic rings. The highest BCUT2D eigenvalue weighted by molar-refractivity contribution is 5.76. The van der Waals surface area contributed by atoms with Gasteiger partial charge in [0.2, 0.25) is 0 Å². The van der Waals surface area contributed by atoms with Crippen LogP contribution in [0.3, 0.4) is 0 Å². The Morgan fingerprint density at radius 3 is 2.33 bits per heavy atom. The largest absolute Gasteiger partial charge is 0.481 e. The highest BCUT2D eigenvalue weighted by atomic mass is 16.7. The van der Waals surface area contributed by atoms with Crippen LogP contribution >= 0.6 is 0 Å². The quantitative estimate of drug-likeness (QED) is 0.227. The minimum atomic E-state index is -1.10. The summed E-state index contributed by atoms with van der Waals surface area (Å²) in [4.78, 5) is 12.9. The molecule has 7 nitrogen and oxygen atoms in total. The molecular formula is C36H58O7. The van der Waals surface area contributed by atoms with E-state index in [4.69, 9.17) is 9.47 Å². The van der Waals surface area contributed by atoms with Crippen molar-refractivity contribution in [2.24, 2.45) is 50.2 Å². The van der Waals surface area contributed by atoms with Crippen molar-refractivity contribution < 1.29 is 34.7 Å². The van der Waals surface area contributed by atoms with E-state index >= 15 is 0 Å². The molecule has 5 aliphatic carbocycles. The topological polar surface area (TPSA) is 116 Å². The minimum Gasteiger partial charge on any atom is -0.481 e. The van der Waals surface area contributed by atoms with Gasteiger partial charge in [-0.3, -0.25) is 4.79 Å². The van der Waals surface area contributed by atoms with Crippen molar-refractivity contribution >= 4 is 5.97 Å². The molecule has 7 heteroatoms. The molecule has 5 fully saturated rings. The summed E-state index contributed by atoms with van der Waals surface area (Å²) in [6, 6.07) is 0. The molecule has 1 aliphatic heterocycles. The van der Waals surface area contributed by atoms with E-state index in [9.17, 15) is 25.2 Å². The molecule has 0 amide bonds. The summed E-state index contributed by atoms with van der Waals surface area (Å²) in [6.07, 6.45) is 8.89. The third-order valence-electron chi connectivity index (χ3n) is 15.0. The van der Waals surface area contributed by atoms with Crippen LogP contribution in [0.25, 0.3) is 0 Å².